The first kappa shape index (κ1) is 20.2. The molecule has 0 atom stereocenters. The first-order valence-corrected chi connectivity index (χ1v) is 7.94. The van der Waals surface area contributed by atoms with Crippen molar-refractivity contribution in [3.63, 3.8) is 0 Å². The zero-order valence-corrected chi connectivity index (χ0v) is 14.1. The van der Waals surface area contributed by atoms with E-state index in [-0.39, 0.29) is 0 Å². The van der Waals surface area contributed by atoms with Crippen LogP contribution in [0.3, 0.4) is 0 Å². The largest absolute Gasteiger partial charge is 0.493 e. The van der Waals surface area contributed by atoms with E-state index in [0.29, 0.717) is 0 Å². The van der Waals surface area contributed by atoms with E-state index in [2.05, 4.69) is 41.7 Å². The average Bonchev–Trinajstić information content (AvgIpc) is 2.63. The standard InChI is InChI=1S/C17H21NO.C2H2O4/c1-18-13-7-8-14-19-17-12-6-5-11-16(17)15-9-3-2-4-10-15;3-1(4)2(5)6/h2-6,9-12,18H,7-8,13-14H2,1H3;(H,3,4)(H,5,6). The van der Waals surface area contributed by atoms with Crippen molar-refractivity contribution in [2.75, 3.05) is 20.2 Å². The van der Waals surface area contributed by atoms with E-state index in [9.17, 15) is 0 Å². The van der Waals surface area contributed by atoms with Crippen LogP contribution in [-0.4, -0.2) is 42.4 Å². The van der Waals surface area contributed by atoms with Crippen molar-refractivity contribution in [1.29, 1.82) is 0 Å². The average molecular weight is 345 g/mol. The number of hydrogen-bond donors (Lipinski definition) is 3. The summed E-state index contributed by atoms with van der Waals surface area (Å²) in [5.41, 5.74) is 2.37. The molecule has 2 rings (SSSR count). The Kier molecular flexibility index (Phi) is 9.40. The minimum atomic E-state index is -1.82. The molecule has 0 amide bonds. The molecule has 0 saturated carbocycles. The lowest BCUT2D eigenvalue weighted by molar-refractivity contribution is -0.159. The Balaban J connectivity index is 0.000000450. The molecule has 0 fully saturated rings. The molecule has 0 spiro atoms. The minimum absolute atomic E-state index is 0.769. The molecule has 0 aromatic heterocycles. The Morgan fingerprint density at radius 1 is 0.920 bits per heavy atom. The van der Waals surface area contributed by atoms with Crippen LogP contribution in [0, 0.1) is 0 Å². The Hall–Kier alpha value is -2.86. The van der Waals surface area contributed by atoms with Crippen LogP contribution in [0.2, 0.25) is 0 Å². The summed E-state index contributed by atoms with van der Waals surface area (Å²) in [6.07, 6.45) is 2.22. The molecule has 0 bridgehead atoms. The van der Waals surface area contributed by atoms with Crippen molar-refractivity contribution in [3.05, 3.63) is 54.6 Å². The van der Waals surface area contributed by atoms with Gasteiger partial charge in [-0.2, -0.15) is 0 Å². The third-order valence-electron chi connectivity index (χ3n) is 3.23. The third kappa shape index (κ3) is 7.99. The van der Waals surface area contributed by atoms with Crippen molar-refractivity contribution in [2.24, 2.45) is 0 Å². The maximum Gasteiger partial charge on any atom is 0.414 e. The van der Waals surface area contributed by atoms with E-state index in [1.807, 2.05) is 25.2 Å². The summed E-state index contributed by atoms with van der Waals surface area (Å²) in [5, 5.41) is 17.9. The van der Waals surface area contributed by atoms with Crippen molar-refractivity contribution in [2.45, 2.75) is 12.8 Å². The second-order valence-electron chi connectivity index (χ2n) is 5.13. The van der Waals surface area contributed by atoms with E-state index in [0.717, 1.165) is 37.3 Å². The molecule has 0 heterocycles. The van der Waals surface area contributed by atoms with Gasteiger partial charge in [-0.15, -0.1) is 0 Å². The molecular weight excluding hydrogens is 322 g/mol. The van der Waals surface area contributed by atoms with Crippen molar-refractivity contribution in [1.82, 2.24) is 5.32 Å². The number of carboxylic acids is 2. The molecule has 2 aromatic carbocycles. The smallest absolute Gasteiger partial charge is 0.414 e. The number of rotatable bonds is 7. The second-order valence-corrected chi connectivity index (χ2v) is 5.13. The zero-order chi connectivity index (χ0) is 18.5. The first-order valence-electron chi connectivity index (χ1n) is 7.94. The van der Waals surface area contributed by atoms with Crippen LogP contribution in [0.4, 0.5) is 0 Å². The molecule has 0 aliphatic heterocycles. The summed E-state index contributed by atoms with van der Waals surface area (Å²) in [6.45, 7) is 1.81. The van der Waals surface area contributed by atoms with Gasteiger partial charge >= 0.3 is 11.9 Å². The maximum atomic E-state index is 9.10. The van der Waals surface area contributed by atoms with Crippen LogP contribution in [0.25, 0.3) is 11.1 Å². The number of ether oxygens (including phenoxy) is 1. The maximum absolute atomic E-state index is 9.10. The number of benzene rings is 2. The predicted octanol–water partition coefficient (Wildman–Crippen LogP) is 2.89. The number of carbonyl (C=O) groups is 2. The minimum Gasteiger partial charge on any atom is -0.493 e. The SMILES string of the molecule is CNCCCCOc1ccccc1-c1ccccc1.O=C(O)C(=O)O. The fourth-order valence-electron chi connectivity index (χ4n) is 2.03. The lowest BCUT2D eigenvalue weighted by Crippen LogP contribution is -2.09. The second kappa shape index (κ2) is 11.6. The van der Waals surface area contributed by atoms with Gasteiger partial charge in [0.1, 0.15) is 5.75 Å². The molecule has 0 saturated heterocycles. The van der Waals surface area contributed by atoms with Crippen LogP contribution < -0.4 is 10.1 Å². The normalized spacial score (nSPS) is 9.64. The Bertz CT molecular complexity index is 646. The Morgan fingerprint density at radius 2 is 1.52 bits per heavy atom. The summed E-state index contributed by atoms with van der Waals surface area (Å²) in [7, 11) is 1.98. The highest BCUT2D eigenvalue weighted by Gasteiger charge is 2.05. The van der Waals surface area contributed by atoms with Gasteiger partial charge in [0.25, 0.3) is 0 Å². The molecule has 6 heteroatoms. The van der Waals surface area contributed by atoms with Crippen LogP contribution in [-0.2, 0) is 9.59 Å². The molecule has 6 nitrogen and oxygen atoms in total. The van der Waals surface area contributed by atoms with Gasteiger partial charge in [-0.25, -0.2) is 9.59 Å². The lowest BCUT2D eigenvalue weighted by Gasteiger charge is -2.11. The number of aliphatic carboxylic acids is 2. The molecule has 3 N–H and O–H groups in total. The highest BCUT2D eigenvalue weighted by Crippen LogP contribution is 2.29. The van der Waals surface area contributed by atoms with Gasteiger partial charge in [0.2, 0.25) is 0 Å². The molecule has 134 valence electrons. The predicted molar refractivity (Wildman–Crippen MR) is 95.8 cm³/mol. The van der Waals surface area contributed by atoms with E-state index < -0.39 is 11.9 Å². The fraction of sp³-hybridized carbons (Fsp3) is 0.263. The summed E-state index contributed by atoms with van der Waals surface area (Å²) >= 11 is 0. The zero-order valence-electron chi connectivity index (χ0n) is 14.1. The summed E-state index contributed by atoms with van der Waals surface area (Å²) in [6, 6.07) is 18.6. The molecule has 25 heavy (non-hydrogen) atoms. The fourth-order valence-corrected chi connectivity index (χ4v) is 2.03. The van der Waals surface area contributed by atoms with Crippen LogP contribution in [0.15, 0.2) is 54.6 Å². The Labute approximate surface area is 147 Å². The summed E-state index contributed by atoms with van der Waals surface area (Å²) in [4.78, 5) is 18.2. The monoisotopic (exact) mass is 345 g/mol. The molecule has 0 unspecified atom stereocenters. The van der Waals surface area contributed by atoms with Crippen LogP contribution >= 0.6 is 0 Å². The lowest BCUT2D eigenvalue weighted by atomic mass is 10.1. The molecule has 2 aromatic rings. The molecule has 0 radical (unpaired) electrons. The van der Waals surface area contributed by atoms with Gasteiger partial charge in [-0.1, -0.05) is 48.5 Å². The van der Waals surface area contributed by atoms with Gasteiger partial charge in [0.05, 0.1) is 6.61 Å². The quantitative estimate of drug-likeness (QED) is 0.527. The van der Waals surface area contributed by atoms with Gasteiger partial charge in [-0.05, 0) is 38.1 Å². The van der Waals surface area contributed by atoms with Gasteiger partial charge in [0, 0.05) is 5.56 Å². The highest BCUT2D eigenvalue weighted by molar-refractivity contribution is 6.27. The van der Waals surface area contributed by atoms with E-state index in [1.54, 1.807) is 0 Å². The highest BCUT2D eigenvalue weighted by atomic mass is 16.5. The number of carboxylic acid groups (broad SMARTS) is 2. The topological polar surface area (TPSA) is 95.9 Å². The third-order valence-corrected chi connectivity index (χ3v) is 3.23. The van der Waals surface area contributed by atoms with Crippen molar-refractivity contribution < 1.29 is 24.5 Å². The summed E-state index contributed by atoms with van der Waals surface area (Å²) in [5.74, 6) is -2.68. The van der Waals surface area contributed by atoms with Crippen molar-refractivity contribution in [3.8, 4) is 16.9 Å². The molecule has 0 aliphatic carbocycles. The Morgan fingerprint density at radius 3 is 2.12 bits per heavy atom. The first-order chi connectivity index (χ1) is 12.1. The van der Waals surface area contributed by atoms with Gasteiger partial charge in [0.15, 0.2) is 0 Å². The number of nitrogens with one attached hydrogen (secondary N) is 1. The van der Waals surface area contributed by atoms with Crippen LogP contribution in [0.1, 0.15) is 12.8 Å². The van der Waals surface area contributed by atoms with E-state index >= 15 is 0 Å². The molecule has 0 aliphatic rings. The number of hydrogen-bond acceptors (Lipinski definition) is 4. The van der Waals surface area contributed by atoms with Crippen LogP contribution in [0.5, 0.6) is 5.75 Å². The van der Waals surface area contributed by atoms with Gasteiger partial charge < -0.3 is 20.3 Å². The number of unbranched alkanes of at least 4 members (excludes halogenated alkanes) is 1. The number of para-hydroxylation sites is 1. The van der Waals surface area contributed by atoms with E-state index in [1.165, 1.54) is 5.56 Å². The summed E-state index contributed by atoms with van der Waals surface area (Å²) < 4.78 is 5.91. The van der Waals surface area contributed by atoms with Gasteiger partial charge in [-0.3, -0.25) is 0 Å². The van der Waals surface area contributed by atoms with E-state index in [4.69, 9.17) is 24.5 Å². The van der Waals surface area contributed by atoms with Crippen molar-refractivity contribution >= 4 is 11.9 Å². The molecular formula is C19H23NO5.